The van der Waals surface area contributed by atoms with Crippen molar-refractivity contribution in [1.29, 1.82) is 0 Å². The van der Waals surface area contributed by atoms with Gasteiger partial charge in [-0.25, -0.2) is 4.39 Å². The van der Waals surface area contributed by atoms with E-state index in [-0.39, 0.29) is 12.4 Å². The van der Waals surface area contributed by atoms with Gasteiger partial charge in [0.25, 0.3) is 0 Å². The number of benzene rings is 1. The Balaban J connectivity index is 2.37. The Bertz CT molecular complexity index is 529. The highest BCUT2D eigenvalue weighted by molar-refractivity contribution is 5.39. The Kier molecular flexibility index (Phi) is 3.35. The highest BCUT2D eigenvalue weighted by Gasteiger charge is 2.09. The molecule has 0 saturated carbocycles. The molecule has 88 valence electrons. The molecule has 1 heterocycles. The summed E-state index contributed by atoms with van der Waals surface area (Å²) in [6.45, 7) is 1.93. The molecule has 4 heteroatoms. The lowest BCUT2D eigenvalue weighted by atomic mass is 10.2. The maximum absolute atomic E-state index is 13.5. The van der Waals surface area contributed by atoms with Gasteiger partial charge in [-0.1, -0.05) is 6.07 Å². The molecule has 0 aliphatic rings. The molecule has 2 rings (SSSR count). The molecule has 0 atom stereocenters. The number of ether oxygens (including phenoxy) is 1. The van der Waals surface area contributed by atoms with Gasteiger partial charge < -0.3 is 10.5 Å². The van der Waals surface area contributed by atoms with Crippen LogP contribution in [0.3, 0.4) is 0 Å². The summed E-state index contributed by atoms with van der Waals surface area (Å²) >= 11 is 0. The van der Waals surface area contributed by atoms with Crippen LogP contribution in [0.1, 0.15) is 11.3 Å². The Hall–Kier alpha value is -1.94. The van der Waals surface area contributed by atoms with Gasteiger partial charge in [0.2, 0.25) is 0 Å². The van der Waals surface area contributed by atoms with Crippen LogP contribution in [-0.4, -0.2) is 4.98 Å². The molecular formula is C13H13FN2O. The monoisotopic (exact) mass is 232 g/mol. The number of hydrogen-bond donors (Lipinski definition) is 1. The quantitative estimate of drug-likeness (QED) is 0.885. The highest BCUT2D eigenvalue weighted by Crippen LogP contribution is 2.27. The lowest BCUT2D eigenvalue weighted by Crippen LogP contribution is -2.03. The predicted molar refractivity (Wildman–Crippen MR) is 63.3 cm³/mol. The van der Waals surface area contributed by atoms with E-state index in [1.807, 2.05) is 6.92 Å². The first-order valence-corrected chi connectivity index (χ1v) is 5.29. The topological polar surface area (TPSA) is 48.1 Å². The number of pyridine rings is 1. The van der Waals surface area contributed by atoms with Gasteiger partial charge in [0.1, 0.15) is 17.3 Å². The summed E-state index contributed by atoms with van der Waals surface area (Å²) in [7, 11) is 0. The van der Waals surface area contributed by atoms with E-state index < -0.39 is 0 Å². The number of halogens is 1. The SMILES string of the molecule is Cc1ncccc1Oc1cccc(F)c1CN. The van der Waals surface area contributed by atoms with E-state index in [4.69, 9.17) is 10.5 Å². The summed E-state index contributed by atoms with van der Waals surface area (Å²) in [5.41, 5.74) is 6.63. The minimum atomic E-state index is -0.355. The van der Waals surface area contributed by atoms with Gasteiger partial charge in [-0.15, -0.1) is 0 Å². The molecule has 0 saturated heterocycles. The zero-order chi connectivity index (χ0) is 12.3. The Morgan fingerprint density at radius 3 is 2.71 bits per heavy atom. The lowest BCUT2D eigenvalue weighted by Gasteiger charge is -2.11. The highest BCUT2D eigenvalue weighted by atomic mass is 19.1. The van der Waals surface area contributed by atoms with Crippen molar-refractivity contribution in [3.63, 3.8) is 0 Å². The molecule has 2 aromatic rings. The van der Waals surface area contributed by atoms with Gasteiger partial charge in [-0.3, -0.25) is 4.98 Å². The second-order valence-corrected chi connectivity index (χ2v) is 3.61. The molecule has 0 amide bonds. The minimum absolute atomic E-state index is 0.0985. The largest absolute Gasteiger partial charge is 0.455 e. The maximum Gasteiger partial charge on any atom is 0.148 e. The van der Waals surface area contributed by atoms with E-state index in [0.29, 0.717) is 17.1 Å². The van der Waals surface area contributed by atoms with Crippen molar-refractivity contribution in [2.45, 2.75) is 13.5 Å². The predicted octanol–water partition coefficient (Wildman–Crippen LogP) is 2.78. The number of nitrogens with two attached hydrogens (primary N) is 1. The molecule has 2 N–H and O–H groups in total. The first-order chi connectivity index (χ1) is 8.22. The maximum atomic E-state index is 13.5. The molecule has 0 unspecified atom stereocenters. The number of rotatable bonds is 3. The van der Waals surface area contributed by atoms with Crippen LogP contribution >= 0.6 is 0 Å². The van der Waals surface area contributed by atoms with Gasteiger partial charge in [-0.2, -0.15) is 0 Å². The molecule has 1 aromatic carbocycles. The van der Waals surface area contributed by atoms with Crippen molar-refractivity contribution in [3.05, 3.63) is 53.6 Å². The molecule has 0 radical (unpaired) electrons. The number of nitrogens with zero attached hydrogens (tertiary/aromatic N) is 1. The van der Waals surface area contributed by atoms with Crippen LogP contribution in [0.4, 0.5) is 4.39 Å². The molecule has 0 bridgehead atoms. The Morgan fingerprint density at radius 2 is 2.00 bits per heavy atom. The van der Waals surface area contributed by atoms with Crippen molar-refractivity contribution < 1.29 is 9.13 Å². The summed E-state index contributed by atoms with van der Waals surface area (Å²) in [4.78, 5) is 4.10. The van der Waals surface area contributed by atoms with E-state index in [1.54, 1.807) is 30.5 Å². The van der Waals surface area contributed by atoms with Crippen LogP contribution in [0.5, 0.6) is 11.5 Å². The fraction of sp³-hybridized carbons (Fsp3) is 0.154. The van der Waals surface area contributed by atoms with Crippen LogP contribution in [0.25, 0.3) is 0 Å². The molecule has 0 fully saturated rings. The van der Waals surface area contributed by atoms with Crippen LogP contribution in [0, 0.1) is 12.7 Å². The first-order valence-electron chi connectivity index (χ1n) is 5.29. The van der Waals surface area contributed by atoms with Crippen LogP contribution in [0.15, 0.2) is 36.5 Å². The summed E-state index contributed by atoms with van der Waals surface area (Å²) in [5.74, 6) is 0.683. The van der Waals surface area contributed by atoms with Crippen LogP contribution < -0.4 is 10.5 Å². The van der Waals surface area contributed by atoms with Crippen molar-refractivity contribution in [3.8, 4) is 11.5 Å². The van der Waals surface area contributed by atoms with Gasteiger partial charge in [0.15, 0.2) is 0 Å². The normalized spacial score (nSPS) is 10.3. The van der Waals surface area contributed by atoms with E-state index in [1.165, 1.54) is 6.07 Å². The molecule has 0 spiro atoms. The van der Waals surface area contributed by atoms with Gasteiger partial charge in [0.05, 0.1) is 5.69 Å². The number of aromatic nitrogens is 1. The smallest absolute Gasteiger partial charge is 0.148 e. The molecule has 0 aliphatic heterocycles. The van der Waals surface area contributed by atoms with E-state index in [9.17, 15) is 4.39 Å². The fourth-order valence-electron chi connectivity index (χ4n) is 1.53. The number of aryl methyl sites for hydroxylation is 1. The summed E-state index contributed by atoms with van der Waals surface area (Å²) in [5, 5.41) is 0. The lowest BCUT2D eigenvalue weighted by molar-refractivity contribution is 0.461. The molecule has 0 aliphatic carbocycles. The van der Waals surface area contributed by atoms with Crippen LogP contribution in [0.2, 0.25) is 0 Å². The van der Waals surface area contributed by atoms with Gasteiger partial charge in [0, 0.05) is 18.3 Å². The number of hydrogen-bond acceptors (Lipinski definition) is 3. The fourth-order valence-corrected chi connectivity index (χ4v) is 1.53. The van der Waals surface area contributed by atoms with Crippen LogP contribution in [-0.2, 0) is 6.54 Å². The average Bonchev–Trinajstić information content (AvgIpc) is 2.32. The van der Waals surface area contributed by atoms with E-state index >= 15 is 0 Å². The summed E-state index contributed by atoms with van der Waals surface area (Å²) < 4.78 is 19.1. The van der Waals surface area contributed by atoms with Gasteiger partial charge in [-0.05, 0) is 31.2 Å². The molecular weight excluding hydrogens is 219 g/mol. The van der Waals surface area contributed by atoms with E-state index in [0.717, 1.165) is 5.69 Å². The second kappa shape index (κ2) is 4.93. The third-order valence-corrected chi connectivity index (χ3v) is 2.46. The Morgan fingerprint density at radius 1 is 1.24 bits per heavy atom. The molecule has 1 aromatic heterocycles. The third-order valence-electron chi connectivity index (χ3n) is 2.46. The zero-order valence-corrected chi connectivity index (χ0v) is 9.48. The van der Waals surface area contributed by atoms with Crippen molar-refractivity contribution in [2.24, 2.45) is 5.73 Å². The van der Waals surface area contributed by atoms with Crippen molar-refractivity contribution >= 4 is 0 Å². The standard InChI is InChI=1S/C13H13FN2O/c1-9-12(6-3-7-16-9)17-13-5-2-4-11(14)10(13)8-15/h2-7H,8,15H2,1H3. The Labute approximate surface area is 99.1 Å². The first kappa shape index (κ1) is 11.5. The third kappa shape index (κ3) is 2.42. The molecule has 17 heavy (non-hydrogen) atoms. The minimum Gasteiger partial charge on any atom is -0.455 e. The summed E-state index contributed by atoms with van der Waals surface area (Å²) in [6, 6.07) is 8.20. The van der Waals surface area contributed by atoms with Gasteiger partial charge >= 0.3 is 0 Å². The van der Waals surface area contributed by atoms with E-state index in [2.05, 4.69) is 4.98 Å². The average molecular weight is 232 g/mol. The molecule has 3 nitrogen and oxygen atoms in total. The zero-order valence-electron chi connectivity index (χ0n) is 9.48. The van der Waals surface area contributed by atoms with Crippen molar-refractivity contribution in [1.82, 2.24) is 4.98 Å². The summed E-state index contributed by atoms with van der Waals surface area (Å²) in [6.07, 6.45) is 1.68. The van der Waals surface area contributed by atoms with Crippen molar-refractivity contribution in [2.75, 3.05) is 0 Å². The second-order valence-electron chi connectivity index (χ2n) is 3.61.